The molecule has 0 aliphatic carbocycles. The smallest absolute Gasteiger partial charge is 0.282 e. The Balaban J connectivity index is 1.52. The monoisotopic (exact) mass is 450 g/mol. The Kier molecular flexibility index (Phi) is 5.18. The number of aromatic nitrogens is 3. The van der Waals surface area contributed by atoms with E-state index >= 15 is 0 Å². The summed E-state index contributed by atoms with van der Waals surface area (Å²) in [4.78, 5) is 28.5. The summed E-state index contributed by atoms with van der Waals surface area (Å²) in [6, 6.07) is 18.2. The minimum atomic E-state index is -0.369. The van der Waals surface area contributed by atoms with Gasteiger partial charge in [0.05, 0.1) is 22.6 Å². The number of amides is 1. The second-order valence-corrected chi connectivity index (χ2v) is 7.85. The van der Waals surface area contributed by atoms with Crippen LogP contribution in [0.2, 0.25) is 0 Å². The van der Waals surface area contributed by atoms with Crippen molar-refractivity contribution in [2.45, 2.75) is 13.8 Å². The predicted octanol–water partition coefficient (Wildman–Crippen LogP) is 1.94. The van der Waals surface area contributed by atoms with E-state index < -0.39 is 0 Å². The molecule has 2 aromatic carbocycles. The molecule has 1 aliphatic rings. The number of carbonyl (C=O) groups is 1. The molecule has 4 aromatic rings. The molecule has 0 saturated carbocycles. The van der Waals surface area contributed by atoms with Crippen LogP contribution in [-0.4, -0.2) is 20.7 Å². The van der Waals surface area contributed by atoms with Gasteiger partial charge in [-0.1, -0.05) is 48.6 Å². The number of carbonyl (C=O) groups excluding carboxylic acids is 1. The molecular formula is C26H20N5O3-. The first kappa shape index (κ1) is 21.1. The molecule has 0 fully saturated rings. The summed E-state index contributed by atoms with van der Waals surface area (Å²) in [5, 5.41) is 23.1. The zero-order valence-electron chi connectivity index (χ0n) is 18.5. The number of aromatic amines is 1. The molecular weight excluding hydrogens is 430 g/mol. The van der Waals surface area contributed by atoms with Crippen molar-refractivity contribution in [3.63, 3.8) is 0 Å². The fourth-order valence-electron chi connectivity index (χ4n) is 3.95. The molecule has 0 unspecified atom stereocenters. The van der Waals surface area contributed by atoms with Crippen molar-refractivity contribution in [2.24, 2.45) is 5.10 Å². The summed E-state index contributed by atoms with van der Waals surface area (Å²) >= 11 is 0. The molecule has 168 valence electrons. The number of pyridine rings is 1. The number of rotatable bonds is 4. The van der Waals surface area contributed by atoms with Gasteiger partial charge in [-0.3, -0.25) is 9.59 Å². The third-order valence-electron chi connectivity index (χ3n) is 5.69. The predicted molar refractivity (Wildman–Crippen MR) is 127 cm³/mol. The van der Waals surface area contributed by atoms with E-state index in [1.165, 1.54) is 9.69 Å². The maximum atomic E-state index is 13.0. The number of anilines is 1. The van der Waals surface area contributed by atoms with Gasteiger partial charge in [0.2, 0.25) is 0 Å². The average Bonchev–Trinajstić information content (AvgIpc) is 3.32. The summed E-state index contributed by atoms with van der Waals surface area (Å²) in [7, 11) is 0. The first-order valence-electron chi connectivity index (χ1n) is 10.7. The Morgan fingerprint density at radius 1 is 0.941 bits per heavy atom. The van der Waals surface area contributed by atoms with Crippen LogP contribution < -0.4 is 26.4 Å². The number of para-hydroxylation sites is 2. The zero-order chi connectivity index (χ0) is 23.8. The Morgan fingerprint density at radius 3 is 2.26 bits per heavy atom. The van der Waals surface area contributed by atoms with E-state index in [0.29, 0.717) is 39.0 Å². The highest BCUT2D eigenvalue weighted by molar-refractivity contribution is 6.07. The van der Waals surface area contributed by atoms with E-state index in [2.05, 4.69) is 15.2 Å². The molecule has 1 N–H and O–H groups in total. The Labute approximate surface area is 194 Å². The summed E-state index contributed by atoms with van der Waals surface area (Å²) in [6.45, 7) is 3.47. The average molecular weight is 450 g/mol. The van der Waals surface area contributed by atoms with Gasteiger partial charge >= 0.3 is 0 Å². The normalized spacial score (nSPS) is 13.5. The first-order chi connectivity index (χ1) is 16.5. The summed E-state index contributed by atoms with van der Waals surface area (Å²) < 4.78 is 1.35. The molecule has 0 spiro atoms. The fraction of sp³-hybridized carbons (Fsp3) is 0.0769. The second-order valence-electron chi connectivity index (χ2n) is 7.85. The number of benzene rings is 2. The quantitative estimate of drug-likeness (QED) is 0.513. The van der Waals surface area contributed by atoms with Gasteiger partial charge in [-0.15, -0.1) is 5.10 Å². The van der Waals surface area contributed by atoms with Crippen LogP contribution in [-0.2, 0) is 0 Å². The van der Waals surface area contributed by atoms with E-state index in [1.54, 1.807) is 44.2 Å². The second kappa shape index (κ2) is 8.32. The third kappa shape index (κ3) is 3.51. The van der Waals surface area contributed by atoms with Crippen molar-refractivity contribution in [2.75, 3.05) is 5.01 Å². The number of hydrogen-bond acceptors (Lipinski definition) is 5. The van der Waals surface area contributed by atoms with Crippen LogP contribution in [0.15, 0.2) is 76.6 Å². The molecule has 1 aliphatic heterocycles. The Hall–Kier alpha value is -4.72. The number of H-pyrrole nitrogens is 1. The maximum absolute atomic E-state index is 13.0. The highest BCUT2D eigenvalue weighted by Crippen LogP contribution is 2.23. The minimum absolute atomic E-state index is 0.235. The van der Waals surface area contributed by atoms with Crippen LogP contribution in [0.5, 0.6) is 5.88 Å². The Bertz CT molecular complexity index is 1620. The molecule has 2 aromatic heterocycles. The number of fused-ring (bicyclic) bond motifs is 1. The van der Waals surface area contributed by atoms with Crippen LogP contribution in [0.25, 0.3) is 17.8 Å². The van der Waals surface area contributed by atoms with E-state index in [4.69, 9.17) is 0 Å². The van der Waals surface area contributed by atoms with Gasteiger partial charge in [0.1, 0.15) is 0 Å². The lowest BCUT2D eigenvalue weighted by molar-refractivity contribution is -0.278. The van der Waals surface area contributed by atoms with Gasteiger partial charge in [-0.05, 0) is 55.6 Å². The van der Waals surface area contributed by atoms with Gasteiger partial charge in [-0.25, -0.2) is 4.68 Å². The molecule has 8 heteroatoms. The Morgan fingerprint density at radius 2 is 1.59 bits per heavy atom. The van der Waals surface area contributed by atoms with Crippen LogP contribution in [0, 0.1) is 13.8 Å². The molecule has 0 radical (unpaired) electrons. The lowest BCUT2D eigenvalue weighted by Gasteiger charge is -2.11. The zero-order valence-corrected chi connectivity index (χ0v) is 18.5. The molecule has 1 amide bonds. The standard InChI is InChI=1S/C26H21N5O3/c1-16-20(14-9-15-21-17(2)28-30(25(21)33)18-10-5-3-6-11-18)24(32)27-23-22(16)26(34)31(29-23)19-12-7-4-8-13-19/h3-15,33H,1-2H3,(H,27,29,32)/p-1/b15-9+,20-14-. The number of nitrogens with one attached hydrogen (secondary N) is 1. The van der Waals surface area contributed by atoms with E-state index in [9.17, 15) is 14.7 Å². The first-order valence-corrected chi connectivity index (χ1v) is 10.7. The molecule has 0 bridgehead atoms. The van der Waals surface area contributed by atoms with Crippen molar-refractivity contribution in [1.82, 2.24) is 14.8 Å². The van der Waals surface area contributed by atoms with Gasteiger partial charge in [0, 0.05) is 10.8 Å². The molecule has 5 rings (SSSR count). The lowest BCUT2D eigenvalue weighted by Crippen LogP contribution is -2.38. The highest BCUT2D eigenvalue weighted by Gasteiger charge is 2.28. The SMILES string of the molecule is Cc1nn(-c2ccccc2)c([O-])c1/C=C/C=c1/c(C)c2c([nH]c1=O)=NN(c1ccccc1)C2=O. The minimum Gasteiger partial charge on any atom is -0.858 e. The number of nitrogens with zero attached hydrogens (tertiary/aromatic N) is 4. The van der Waals surface area contributed by atoms with Crippen molar-refractivity contribution in [3.8, 4) is 11.6 Å². The lowest BCUT2D eigenvalue weighted by atomic mass is 10.1. The largest absolute Gasteiger partial charge is 0.858 e. The van der Waals surface area contributed by atoms with Crippen molar-refractivity contribution in [1.29, 1.82) is 0 Å². The van der Waals surface area contributed by atoms with Crippen LogP contribution in [0.4, 0.5) is 5.69 Å². The number of hydrogen-bond donors (Lipinski definition) is 1. The van der Waals surface area contributed by atoms with E-state index in [0.717, 1.165) is 0 Å². The van der Waals surface area contributed by atoms with Crippen molar-refractivity contribution < 1.29 is 9.90 Å². The van der Waals surface area contributed by atoms with Crippen molar-refractivity contribution >= 4 is 23.7 Å². The fourth-order valence-corrected chi connectivity index (χ4v) is 3.95. The number of allylic oxidation sites excluding steroid dienone is 1. The highest BCUT2D eigenvalue weighted by atomic mass is 16.3. The molecule has 34 heavy (non-hydrogen) atoms. The molecule has 0 atom stereocenters. The van der Waals surface area contributed by atoms with Gasteiger partial charge in [0.25, 0.3) is 11.5 Å². The van der Waals surface area contributed by atoms with Gasteiger partial charge in [0.15, 0.2) is 5.49 Å². The molecule has 0 saturated heterocycles. The summed E-state index contributed by atoms with van der Waals surface area (Å²) in [6.07, 6.45) is 4.83. The van der Waals surface area contributed by atoms with E-state index in [1.807, 2.05) is 48.5 Å². The molecule has 8 nitrogen and oxygen atoms in total. The van der Waals surface area contributed by atoms with Crippen LogP contribution in [0.3, 0.4) is 0 Å². The number of aryl methyl sites for hydroxylation is 1. The topological polar surface area (TPSA) is 106 Å². The van der Waals surface area contributed by atoms with Crippen LogP contribution >= 0.6 is 0 Å². The summed E-state index contributed by atoms with van der Waals surface area (Å²) in [5.74, 6) is -0.559. The van der Waals surface area contributed by atoms with Crippen LogP contribution in [0.1, 0.15) is 27.2 Å². The van der Waals surface area contributed by atoms with Crippen molar-refractivity contribution in [3.05, 3.63) is 110 Å². The van der Waals surface area contributed by atoms with E-state index in [-0.39, 0.29) is 22.8 Å². The molecule has 3 heterocycles. The van der Waals surface area contributed by atoms with Gasteiger partial charge in [-0.2, -0.15) is 10.1 Å². The third-order valence-corrected chi connectivity index (χ3v) is 5.69. The van der Waals surface area contributed by atoms with Gasteiger partial charge < -0.3 is 10.1 Å². The summed E-state index contributed by atoms with van der Waals surface area (Å²) in [5.41, 5.74) is 3.03. The maximum Gasteiger partial charge on any atom is 0.282 e.